The standard InChI is InChI=1S/C21H26N4O2S/c1-13-12-16-18(17(22-13)14(2)24-28(27)21(3,4)5)23-19(25(6)20(16)26)15-10-8-7-9-11-15/h7-12,14,24H,1-6H3/t14-,28-/m1/s1. The molecule has 2 atom stereocenters. The first-order chi connectivity index (χ1) is 13.1. The van der Waals surface area contributed by atoms with Crippen LogP contribution in [-0.4, -0.2) is 23.5 Å². The van der Waals surface area contributed by atoms with Crippen LogP contribution in [0.1, 0.15) is 45.1 Å². The highest BCUT2D eigenvalue weighted by atomic mass is 32.2. The van der Waals surface area contributed by atoms with Gasteiger partial charge in [-0.15, -0.1) is 0 Å². The molecule has 28 heavy (non-hydrogen) atoms. The zero-order valence-corrected chi connectivity index (χ0v) is 17.9. The smallest absolute Gasteiger partial charge is 0.261 e. The Bertz CT molecular complexity index is 1100. The van der Waals surface area contributed by atoms with E-state index in [1.807, 2.05) is 65.0 Å². The number of hydrogen-bond donors (Lipinski definition) is 1. The number of aromatic nitrogens is 3. The molecule has 3 aromatic rings. The van der Waals surface area contributed by atoms with Gasteiger partial charge in [0.25, 0.3) is 5.56 Å². The van der Waals surface area contributed by atoms with E-state index in [-0.39, 0.29) is 11.6 Å². The van der Waals surface area contributed by atoms with Crippen molar-refractivity contribution in [2.75, 3.05) is 0 Å². The van der Waals surface area contributed by atoms with Crippen molar-refractivity contribution in [3.05, 3.63) is 58.1 Å². The van der Waals surface area contributed by atoms with Crippen LogP contribution in [-0.2, 0) is 18.0 Å². The summed E-state index contributed by atoms with van der Waals surface area (Å²) in [4.78, 5) is 22.5. The molecule has 0 spiro atoms. The van der Waals surface area contributed by atoms with Gasteiger partial charge in [0.05, 0.1) is 32.9 Å². The Morgan fingerprint density at radius 2 is 1.79 bits per heavy atom. The van der Waals surface area contributed by atoms with E-state index in [9.17, 15) is 9.00 Å². The molecule has 0 saturated carbocycles. The van der Waals surface area contributed by atoms with E-state index in [2.05, 4.69) is 9.71 Å². The topological polar surface area (TPSA) is 76.9 Å². The third-order valence-corrected chi connectivity index (χ3v) is 6.18. The van der Waals surface area contributed by atoms with E-state index in [0.29, 0.717) is 22.4 Å². The SMILES string of the molecule is Cc1cc2c(=O)n(C)c(-c3ccccc3)nc2c([C@@H](C)N[S@](=O)C(C)(C)C)n1. The first-order valence-electron chi connectivity index (χ1n) is 9.21. The Labute approximate surface area is 167 Å². The molecule has 6 nitrogen and oxygen atoms in total. The van der Waals surface area contributed by atoms with Crippen LogP contribution in [0.5, 0.6) is 0 Å². The monoisotopic (exact) mass is 398 g/mol. The number of hydrogen-bond acceptors (Lipinski definition) is 4. The highest BCUT2D eigenvalue weighted by Crippen LogP contribution is 2.24. The van der Waals surface area contributed by atoms with Crippen molar-refractivity contribution in [2.24, 2.45) is 7.05 Å². The van der Waals surface area contributed by atoms with Crippen molar-refractivity contribution in [2.45, 2.75) is 45.4 Å². The maximum absolute atomic E-state index is 13.0. The molecule has 0 saturated heterocycles. The summed E-state index contributed by atoms with van der Waals surface area (Å²) in [5, 5.41) is 0.514. The highest BCUT2D eigenvalue weighted by molar-refractivity contribution is 7.84. The van der Waals surface area contributed by atoms with Gasteiger partial charge >= 0.3 is 0 Å². The summed E-state index contributed by atoms with van der Waals surface area (Å²) in [7, 11) is 0.455. The molecule has 3 rings (SSSR count). The average Bonchev–Trinajstić information content (AvgIpc) is 2.64. The van der Waals surface area contributed by atoms with Crippen LogP contribution >= 0.6 is 0 Å². The van der Waals surface area contributed by atoms with E-state index in [4.69, 9.17) is 4.98 Å². The molecule has 0 aliphatic rings. The van der Waals surface area contributed by atoms with E-state index >= 15 is 0 Å². The molecule has 0 aliphatic heterocycles. The van der Waals surface area contributed by atoms with Gasteiger partial charge in [0.2, 0.25) is 0 Å². The van der Waals surface area contributed by atoms with Crippen LogP contribution in [0.2, 0.25) is 0 Å². The van der Waals surface area contributed by atoms with Crippen LogP contribution in [0, 0.1) is 6.92 Å². The van der Waals surface area contributed by atoms with Crippen molar-refractivity contribution in [3.8, 4) is 11.4 Å². The lowest BCUT2D eigenvalue weighted by Crippen LogP contribution is -2.35. The maximum Gasteiger partial charge on any atom is 0.261 e. The van der Waals surface area contributed by atoms with Gasteiger partial charge in [-0.1, -0.05) is 30.3 Å². The second-order valence-corrected chi connectivity index (χ2v) is 9.93. The number of rotatable bonds is 4. The van der Waals surface area contributed by atoms with Crippen molar-refractivity contribution in [1.29, 1.82) is 0 Å². The minimum atomic E-state index is -1.27. The molecular formula is C21H26N4O2S. The third kappa shape index (κ3) is 3.91. The average molecular weight is 399 g/mol. The van der Waals surface area contributed by atoms with Crippen molar-refractivity contribution in [3.63, 3.8) is 0 Å². The quantitative estimate of drug-likeness (QED) is 0.731. The first kappa shape index (κ1) is 20.4. The summed E-state index contributed by atoms with van der Waals surface area (Å²) in [6, 6.07) is 11.0. The van der Waals surface area contributed by atoms with Gasteiger partial charge in [0, 0.05) is 18.3 Å². The number of nitrogens with zero attached hydrogens (tertiary/aromatic N) is 3. The molecule has 0 aliphatic carbocycles. The highest BCUT2D eigenvalue weighted by Gasteiger charge is 2.24. The molecule has 7 heteroatoms. The normalized spacial score (nSPS) is 14.2. The Kier molecular flexibility index (Phi) is 5.50. The van der Waals surface area contributed by atoms with Gasteiger partial charge in [-0.2, -0.15) is 0 Å². The molecule has 0 unspecified atom stereocenters. The molecule has 1 aromatic carbocycles. The molecule has 2 heterocycles. The largest absolute Gasteiger partial charge is 0.295 e. The lowest BCUT2D eigenvalue weighted by Gasteiger charge is -2.22. The molecule has 148 valence electrons. The summed E-state index contributed by atoms with van der Waals surface area (Å²) >= 11 is 0. The summed E-state index contributed by atoms with van der Waals surface area (Å²) in [5.41, 5.74) is 2.62. The molecule has 0 fully saturated rings. The minimum Gasteiger partial charge on any atom is -0.295 e. The van der Waals surface area contributed by atoms with Crippen LogP contribution in [0.4, 0.5) is 0 Å². The van der Waals surface area contributed by atoms with Gasteiger partial charge in [-0.25, -0.2) is 13.9 Å². The fourth-order valence-corrected chi connectivity index (χ4v) is 3.76. The summed E-state index contributed by atoms with van der Waals surface area (Å²) in [6.07, 6.45) is 0. The zero-order chi connectivity index (χ0) is 20.6. The lowest BCUT2D eigenvalue weighted by molar-refractivity contribution is 0.612. The second kappa shape index (κ2) is 7.56. The minimum absolute atomic E-state index is 0.125. The fraction of sp³-hybridized carbons (Fsp3) is 0.381. The van der Waals surface area contributed by atoms with E-state index < -0.39 is 15.7 Å². The predicted octanol–water partition coefficient (Wildman–Crippen LogP) is 3.42. The van der Waals surface area contributed by atoms with Crippen molar-refractivity contribution >= 4 is 21.9 Å². The molecule has 2 aromatic heterocycles. The Morgan fingerprint density at radius 3 is 2.39 bits per heavy atom. The molecule has 0 radical (unpaired) electrons. The summed E-state index contributed by atoms with van der Waals surface area (Å²) < 4.78 is 16.8. The summed E-state index contributed by atoms with van der Waals surface area (Å²) in [6.45, 7) is 9.47. The van der Waals surface area contributed by atoms with Crippen LogP contribution in [0.3, 0.4) is 0 Å². The second-order valence-electron chi connectivity index (χ2n) is 7.93. The van der Waals surface area contributed by atoms with Crippen LogP contribution in [0.15, 0.2) is 41.2 Å². The van der Waals surface area contributed by atoms with Gasteiger partial charge in [-0.3, -0.25) is 14.3 Å². The van der Waals surface area contributed by atoms with Gasteiger partial charge in [0.1, 0.15) is 11.3 Å². The Hall–Kier alpha value is -2.38. The maximum atomic E-state index is 13.0. The first-order valence-corrected chi connectivity index (χ1v) is 10.4. The van der Waals surface area contributed by atoms with Crippen LogP contribution in [0.25, 0.3) is 22.3 Å². The fourth-order valence-electron chi connectivity index (χ4n) is 2.97. The Morgan fingerprint density at radius 1 is 1.14 bits per heavy atom. The van der Waals surface area contributed by atoms with Crippen molar-refractivity contribution < 1.29 is 4.21 Å². The number of fused-ring (bicyclic) bond motifs is 1. The molecular weight excluding hydrogens is 372 g/mol. The van der Waals surface area contributed by atoms with Gasteiger partial charge < -0.3 is 0 Å². The van der Waals surface area contributed by atoms with E-state index in [1.54, 1.807) is 17.7 Å². The predicted molar refractivity (Wildman–Crippen MR) is 114 cm³/mol. The molecule has 1 N–H and O–H groups in total. The van der Waals surface area contributed by atoms with Gasteiger partial charge in [0.15, 0.2) is 0 Å². The number of pyridine rings is 1. The van der Waals surface area contributed by atoms with E-state index in [0.717, 1.165) is 11.3 Å². The third-order valence-electron chi connectivity index (χ3n) is 4.50. The summed E-state index contributed by atoms with van der Waals surface area (Å²) in [5.74, 6) is 0.578. The number of aryl methyl sites for hydroxylation is 1. The van der Waals surface area contributed by atoms with Gasteiger partial charge in [-0.05, 0) is 40.7 Å². The molecule has 0 amide bonds. The van der Waals surface area contributed by atoms with Crippen molar-refractivity contribution in [1.82, 2.24) is 19.3 Å². The zero-order valence-electron chi connectivity index (χ0n) is 17.1. The lowest BCUT2D eigenvalue weighted by atomic mass is 10.1. The Balaban J connectivity index is 2.22. The number of nitrogens with one attached hydrogen (secondary N) is 1. The number of benzene rings is 1. The van der Waals surface area contributed by atoms with Crippen LogP contribution < -0.4 is 10.3 Å². The molecule has 0 bridgehead atoms. The van der Waals surface area contributed by atoms with E-state index in [1.165, 1.54) is 0 Å².